The maximum absolute atomic E-state index is 12.6. The maximum atomic E-state index is 12.6. The second-order valence-corrected chi connectivity index (χ2v) is 4.38. The first-order valence-electron chi connectivity index (χ1n) is 5.63. The molecule has 0 aromatic heterocycles. The largest absolute Gasteiger partial charge is 0.481 e. The summed E-state index contributed by atoms with van der Waals surface area (Å²) < 4.78 is 25.3. The summed E-state index contributed by atoms with van der Waals surface area (Å²) in [4.78, 5) is 23.3. The Labute approximate surface area is 119 Å². The highest BCUT2D eigenvalue weighted by Gasteiger charge is 2.17. The van der Waals surface area contributed by atoms with Crippen LogP contribution in [0.15, 0.2) is 18.2 Å². The minimum Gasteiger partial charge on any atom is -0.481 e. The standard InChI is InChI=1S/C12H13ClF2N2O3/c1-17(6-5-9(18)19)12(20)16-8-4-2-3-7(10(8)13)11(14)15/h2-4,11H,5-6H2,1H3,(H,16,20)(H,18,19). The van der Waals surface area contributed by atoms with Crippen LogP contribution >= 0.6 is 11.6 Å². The molecule has 0 aliphatic carbocycles. The lowest BCUT2D eigenvalue weighted by Gasteiger charge is -2.18. The van der Waals surface area contributed by atoms with E-state index in [1.165, 1.54) is 19.2 Å². The number of hydrogen-bond acceptors (Lipinski definition) is 2. The number of carbonyl (C=O) groups excluding carboxylic acids is 1. The number of amides is 2. The number of rotatable bonds is 5. The van der Waals surface area contributed by atoms with Crippen molar-refractivity contribution in [2.24, 2.45) is 0 Å². The van der Waals surface area contributed by atoms with Gasteiger partial charge in [0.25, 0.3) is 6.43 Å². The number of halogens is 3. The zero-order valence-corrected chi connectivity index (χ0v) is 11.3. The first-order chi connectivity index (χ1) is 9.32. The number of benzene rings is 1. The van der Waals surface area contributed by atoms with E-state index in [0.717, 1.165) is 11.0 Å². The van der Waals surface area contributed by atoms with Gasteiger partial charge in [-0.2, -0.15) is 0 Å². The van der Waals surface area contributed by atoms with Crippen LogP contribution in [-0.4, -0.2) is 35.6 Å². The van der Waals surface area contributed by atoms with Crippen molar-refractivity contribution < 1.29 is 23.5 Å². The summed E-state index contributed by atoms with van der Waals surface area (Å²) in [6.07, 6.45) is -2.96. The van der Waals surface area contributed by atoms with Crippen LogP contribution < -0.4 is 5.32 Å². The molecule has 0 atom stereocenters. The SMILES string of the molecule is CN(CCC(=O)O)C(=O)Nc1cccc(C(F)F)c1Cl. The fourth-order valence-electron chi connectivity index (χ4n) is 1.39. The van der Waals surface area contributed by atoms with Gasteiger partial charge >= 0.3 is 12.0 Å². The number of alkyl halides is 2. The number of nitrogens with one attached hydrogen (secondary N) is 1. The first-order valence-corrected chi connectivity index (χ1v) is 6.01. The van der Waals surface area contributed by atoms with Gasteiger partial charge in [-0.05, 0) is 6.07 Å². The third-order valence-electron chi connectivity index (χ3n) is 2.51. The molecular formula is C12H13ClF2N2O3. The molecule has 110 valence electrons. The Morgan fingerprint density at radius 3 is 2.65 bits per heavy atom. The van der Waals surface area contributed by atoms with Gasteiger partial charge in [-0.3, -0.25) is 4.79 Å². The van der Waals surface area contributed by atoms with Crippen molar-refractivity contribution in [2.75, 3.05) is 18.9 Å². The lowest BCUT2D eigenvalue weighted by atomic mass is 10.2. The number of carboxylic acids is 1. The van der Waals surface area contributed by atoms with Gasteiger partial charge < -0.3 is 15.3 Å². The molecule has 0 radical (unpaired) electrons. The van der Waals surface area contributed by atoms with Crippen LogP contribution in [0.25, 0.3) is 0 Å². The summed E-state index contributed by atoms with van der Waals surface area (Å²) in [7, 11) is 1.39. The Balaban J connectivity index is 2.75. The Hall–Kier alpha value is -1.89. The third-order valence-corrected chi connectivity index (χ3v) is 2.93. The molecule has 5 nitrogen and oxygen atoms in total. The van der Waals surface area contributed by atoms with E-state index in [-0.39, 0.29) is 29.2 Å². The monoisotopic (exact) mass is 306 g/mol. The second-order valence-electron chi connectivity index (χ2n) is 4.00. The van der Waals surface area contributed by atoms with Gasteiger partial charge in [0.15, 0.2) is 0 Å². The molecule has 0 saturated carbocycles. The summed E-state index contributed by atoms with van der Waals surface area (Å²) in [5, 5.41) is 10.6. The normalized spacial score (nSPS) is 10.4. The molecule has 0 aliphatic heterocycles. The highest BCUT2D eigenvalue weighted by atomic mass is 35.5. The Bertz CT molecular complexity index is 511. The van der Waals surface area contributed by atoms with Gasteiger partial charge in [0, 0.05) is 19.2 Å². The van der Waals surface area contributed by atoms with Crippen molar-refractivity contribution in [3.05, 3.63) is 28.8 Å². The number of carbonyl (C=O) groups is 2. The quantitative estimate of drug-likeness (QED) is 0.877. The van der Waals surface area contributed by atoms with Crippen molar-refractivity contribution in [1.82, 2.24) is 4.90 Å². The molecule has 8 heteroatoms. The van der Waals surface area contributed by atoms with Gasteiger partial charge in [0.05, 0.1) is 17.1 Å². The maximum Gasteiger partial charge on any atom is 0.321 e. The average molecular weight is 307 g/mol. The van der Waals surface area contributed by atoms with Crippen molar-refractivity contribution in [2.45, 2.75) is 12.8 Å². The predicted molar refractivity (Wildman–Crippen MR) is 70.3 cm³/mol. The van der Waals surface area contributed by atoms with Crippen molar-refractivity contribution in [3.63, 3.8) is 0 Å². The number of urea groups is 1. The summed E-state index contributed by atoms with van der Waals surface area (Å²) >= 11 is 5.77. The molecule has 2 N–H and O–H groups in total. The van der Waals surface area contributed by atoms with Gasteiger partial charge in [-0.1, -0.05) is 23.7 Å². The zero-order chi connectivity index (χ0) is 15.3. The van der Waals surface area contributed by atoms with Gasteiger partial charge in [-0.25, -0.2) is 13.6 Å². The molecule has 0 unspecified atom stereocenters. The lowest BCUT2D eigenvalue weighted by Crippen LogP contribution is -2.33. The lowest BCUT2D eigenvalue weighted by molar-refractivity contribution is -0.137. The molecule has 0 aliphatic rings. The number of aliphatic carboxylic acids is 1. The molecule has 0 bridgehead atoms. The fraction of sp³-hybridized carbons (Fsp3) is 0.333. The first kappa shape index (κ1) is 16.2. The summed E-state index contributed by atoms with van der Waals surface area (Å²) in [5.74, 6) is -1.04. The van der Waals surface area contributed by atoms with E-state index in [1.54, 1.807) is 0 Å². The van der Waals surface area contributed by atoms with Crippen molar-refractivity contribution >= 4 is 29.3 Å². The van der Waals surface area contributed by atoms with E-state index >= 15 is 0 Å². The molecule has 0 heterocycles. The van der Waals surface area contributed by atoms with E-state index in [2.05, 4.69) is 5.32 Å². The number of nitrogens with zero attached hydrogens (tertiary/aromatic N) is 1. The Morgan fingerprint density at radius 2 is 2.10 bits per heavy atom. The molecule has 1 rings (SSSR count). The average Bonchev–Trinajstić information content (AvgIpc) is 2.37. The van der Waals surface area contributed by atoms with Crippen LogP contribution in [0.4, 0.5) is 19.3 Å². The van der Waals surface area contributed by atoms with E-state index in [4.69, 9.17) is 16.7 Å². The van der Waals surface area contributed by atoms with E-state index in [1.807, 2.05) is 0 Å². The van der Waals surface area contributed by atoms with Crippen LogP contribution in [0, 0.1) is 0 Å². The van der Waals surface area contributed by atoms with Gasteiger partial charge in [-0.15, -0.1) is 0 Å². The number of hydrogen-bond donors (Lipinski definition) is 2. The van der Waals surface area contributed by atoms with Crippen LogP contribution in [0.5, 0.6) is 0 Å². The zero-order valence-electron chi connectivity index (χ0n) is 10.6. The smallest absolute Gasteiger partial charge is 0.321 e. The third kappa shape index (κ3) is 4.34. The number of carboxylic acid groups (broad SMARTS) is 1. The molecule has 0 fully saturated rings. The molecular weight excluding hydrogens is 294 g/mol. The van der Waals surface area contributed by atoms with Crippen LogP contribution in [-0.2, 0) is 4.79 Å². The topological polar surface area (TPSA) is 69.6 Å². The highest BCUT2D eigenvalue weighted by Crippen LogP contribution is 2.32. The predicted octanol–water partition coefficient (Wildman–Crippen LogP) is 3.22. The molecule has 0 saturated heterocycles. The molecule has 1 aromatic carbocycles. The fourth-order valence-corrected chi connectivity index (χ4v) is 1.65. The summed E-state index contributed by atoms with van der Waals surface area (Å²) in [5.41, 5.74) is -0.325. The minimum atomic E-state index is -2.75. The van der Waals surface area contributed by atoms with Crippen LogP contribution in [0.1, 0.15) is 18.4 Å². The molecule has 20 heavy (non-hydrogen) atoms. The molecule has 2 amide bonds. The molecule has 1 aromatic rings. The van der Waals surface area contributed by atoms with E-state index in [0.29, 0.717) is 0 Å². The van der Waals surface area contributed by atoms with Gasteiger partial charge in [0.1, 0.15) is 0 Å². The van der Waals surface area contributed by atoms with E-state index < -0.39 is 18.4 Å². The van der Waals surface area contributed by atoms with Crippen LogP contribution in [0.3, 0.4) is 0 Å². The van der Waals surface area contributed by atoms with Crippen molar-refractivity contribution in [1.29, 1.82) is 0 Å². The van der Waals surface area contributed by atoms with Gasteiger partial charge in [0.2, 0.25) is 0 Å². The Morgan fingerprint density at radius 1 is 1.45 bits per heavy atom. The minimum absolute atomic E-state index is 0.00662. The second kappa shape index (κ2) is 7.04. The summed E-state index contributed by atoms with van der Waals surface area (Å²) in [6, 6.07) is 3.27. The highest BCUT2D eigenvalue weighted by molar-refractivity contribution is 6.34. The number of anilines is 1. The summed E-state index contributed by atoms with van der Waals surface area (Å²) in [6.45, 7) is -0.00662. The Kier molecular flexibility index (Phi) is 5.69. The van der Waals surface area contributed by atoms with Crippen LogP contribution in [0.2, 0.25) is 5.02 Å². The van der Waals surface area contributed by atoms with E-state index in [9.17, 15) is 18.4 Å². The molecule has 0 spiro atoms. The van der Waals surface area contributed by atoms with Crippen molar-refractivity contribution in [3.8, 4) is 0 Å².